The van der Waals surface area contributed by atoms with Gasteiger partial charge in [-0.25, -0.2) is 9.13 Å². The van der Waals surface area contributed by atoms with E-state index in [1.807, 2.05) is 0 Å². The number of aliphatic hydroxyl groups is 1. The first-order valence-corrected chi connectivity index (χ1v) is 42.2. The maximum absolute atomic E-state index is 13.1. The summed E-state index contributed by atoms with van der Waals surface area (Å²) in [6.07, 6.45) is 56.7. The van der Waals surface area contributed by atoms with Gasteiger partial charge in [0.15, 0.2) is 12.2 Å². The van der Waals surface area contributed by atoms with Crippen molar-refractivity contribution >= 4 is 39.5 Å². The van der Waals surface area contributed by atoms with E-state index < -0.39 is 97.5 Å². The first-order valence-electron chi connectivity index (χ1n) is 39.2. The largest absolute Gasteiger partial charge is 0.472 e. The van der Waals surface area contributed by atoms with E-state index in [4.69, 9.17) is 37.0 Å². The lowest BCUT2D eigenvalue weighted by Gasteiger charge is -2.21. The summed E-state index contributed by atoms with van der Waals surface area (Å²) in [5, 5.41) is 10.6. The van der Waals surface area contributed by atoms with Crippen molar-refractivity contribution in [2.75, 3.05) is 39.6 Å². The molecule has 96 heavy (non-hydrogen) atoms. The van der Waals surface area contributed by atoms with Gasteiger partial charge >= 0.3 is 39.5 Å². The second kappa shape index (κ2) is 67.1. The highest BCUT2D eigenvalue weighted by molar-refractivity contribution is 7.47. The molecule has 566 valence electrons. The highest BCUT2D eigenvalue weighted by Crippen LogP contribution is 2.45. The second-order valence-electron chi connectivity index (χ2n) is 28.5. The molecule has 0 bridgehead atoms. The number of aliphatic hydroxyl groups excluding tert-OH is 1. The summed E-state index contributed by atoms with van der Waals surface area (Å²) in [5.74, 6) is 0.0577. The lowest BCUT2D eigenvalue weighted by atomic mass is 10.0. The minimum Gasteiger partial charge on any atom is -0.462 e. The van der Waals surface area contributed by atoms with E-state index in [-0.39, 0.29) is 25.7 Å². The van der Waals surface area contributed by atoms with E-state index >= 15 is 0 Å². The Kier molecular flexibility index (Phi) is 65.3. The monoisotopic (exact) mass is 1410 g/mol. The first kappa shape index (κ1) is 93.5. The standard InChI is InChI=1S/C77H146O17P2/c1-8-9-10-11-12-13-14-15-20-24-27-30-36-44-51-58-74(79)87-64-72(93-76(81)60-53-46-38-31-28-25-22-19-17-16-18-21-23-26-29-34-41-48-55-68(2)3)66-91-95(83,84)89-62-71(78)63-90-96(85,86)92-67-73(94-77(82)61-54-47-40-39-43-50-57-70(6)7)65-88-75(80)59-52-45-37-33-32-35-42-49-56-69(4)5/h13-15,20,68-73,78H,8-12,16-19,21-67H2,1-7H3,(H,83,84)(H,85,86)/b14-13-,20-15-/t71?,72-,73-/m1/s1. The average molecular weight is 1410 g/mol. The fourth-order valence-electron chi connectivity index (χ4n) is 11.2. The van der Waals surface area contributed by atoms with Crippen molar-refractivity contribution in [3.05, 3.63) is 24.3 Å². The van der Waals surface area contributed by atoms with Gasteiger partial charge in [-0.1, -0.05) is 317 Å². The molecule has 5 atom stereocenters. The zero-order valence-corrected chi connectivity index (χ0v) is 64.1. The summed E-state index contributed by atoms with van der Waals surface area (Å²) in [5.41, 5.74) is 0. The van der Waals surface area contributed by atoms with E-state index in [0.29, 0.717) is 31.6 Å². The van der Waals surface area contributed by atoms with E-state index in [9.17, 15) is 43.2 Å². The van der Waals surface area contributed by atoms with Crippen LogP contribution in [0.4, 0.5) is 0 Å². The molecule has 0 radical (unpaired) electrons. The third-order valence-corrected chi connectivity index (χ3v) is 19.2. The average Bonchev–Trinajstić information content (AvgIpc) is 2.12. The minimum atomic E-state index is -4.97. The summed E-state index contributed by atoms with van der Waals surface area (Å²) >= 11 is 0. The summed E-state index contributed by atoms with van der Waals surface area (Å²) in [7, 11) is -9.92. The van der Waals surface area contributed by atoms with Crippen LogP contribution >= 0.6 is 15.6 Å². The van der Waals surface area contributed by atoms with Gasteiger partial charge in [0.1, 0.15) is 19.3 Å². The van der Waals surface area contributed by atoms with Crippen molar-refractivity contribution in [3.8, 4) is 0 Å². The molecule has 0 heterocycles. The molecule has 0 saturated carbocycles. The van der Waals surface area contributed by atoms with Crippen LogP contribution in [-0.4, -0.2) is 96.7 Å². The third kappa shape index (κ3) is 70.0. The number of rotatable bonds is 73. The predicted molar refractivity (Wildman–Crippen MR) is 390 cm³/mol. The number of phosphoric ester groups is 2. The predicted octanol–water partition coefficient (Wildman–Crippen LogP) is 22.1. The molecule has 0 aliphatic carbocycles. The van der Waals surface area contributed by atoms with Crippen LogP contribution in [0.3, 0.4) is 0 Å². The van der Waals surface area contributed by atoms with Crippen molar-refractivity contribution in [2.45, 2.75) is 388 Å². The number of allylic oxidation sites excluding steroid dienone is 4. The van der Waals surface area contributed by atoms with Crippen LogP contribution in [0.1, 0.15) is 370 Å². The molecule has 0 aliphatic rings. The smallest absolute Gasteiger partial charge is 0.462 e. The number of esters is 4. The molecular weight excluding hydrogens is 1260 g/mol. The second-order valence-corrected chi connectivity index (χ2v) is 31.4. The van der Waals surface area contributed by atoms with Crippen LogP contribution in [0.5, 0.6) is 0 Å². The van der Waals surface area contributed by atoms with Gasteiger partial charge in [-0.3, -0.25) is 37.3 Å². The van der Waals surface area contributed by atoms with Gasteiger partial charge in [0, 0.05) is 25.7 Å². The van der Waals surface area contributed by atoms with E-state index in [0.717, 1.165) is 121 Å². The summed E-state index contributed by atoms with van der Waals surface area (Å²) in [4.78, 5) is 72.7. The number of unbranched alkanes of at least 4 members (excludes halogenated alkanes) is 38. The molecular formula is C77H146O17P2. The molecule has 3 N–H and O–H groups in total. The van der Waals surface area contributed by atoms with Crippen LogP contribution in [0.25, 0.3) is 0 Å². The Hall–Kier alpha value is -2.46. The van der Waals surface area contributed by atoms with Crippen LogP contribution in [-0.2, 0) is 65.4 Å². The molecule has 0 aromatic rings. The summed E-state index contributed by atoms with van der Waals surface area (Å²) < 4.78 is 68.4. The number of ether oxygens (including phenoxy) is 4. The van der Waals surface area contributed by atoms with Crippen molar-refractivity contribution < 1.29 is 80.2 Å². The highest BCUT2D eigenvalue weighted by Gasteiger charge is 2.30. The molecule has 0 spiro atoms. The Morgan fingerprint density at radius 2 is 0.562 bits per heavy atom. The van der Waals surface area contributed by atoms with Crippen molar-refractivity contribution in [2.24, 2.45) is 17.8 Å². The lowest BCUT2D eigenvalue weighted by molar-refractivity contribution is -0.161. The fourth-order valence-corrected chi connectivity index (χ4v) is 12.8. The molecule has 19 heteroatoms. The van der Waals surface area contributed by atoms with E-state index in [2.05, 4.69) is 72.8 Å². The molecule has 0 aromatic heterocycles. The fraction of sp³-hybridized carbons (Fsp3) is 0.896. The van der Waals surface area contributed by atoms with Gasteiger partial charge in [0.25, 0.3) is 0 Å². The van der Waals surface area contributed by atoms with Crippen LogP contribution in [0.2, 0.25) is 0 Å². The van der Waals surface area contributed by atoms with Gasteiger partial charge in [0.2, 0.25) is 0 Å². The zero-order chi connectivity index (χ0) is 70.9. The van der Waals surface area contributed by atoms with Gasteiger partial charge in [-0.15, -0.1) is 0 Å². The van der Waals surface area contributed by atoms with Gasteiger partial charge in [-0.05, 0) is 69.1 Å². The van der Waals surface area contributed by atoms with Crippen molar-refractivity contribution in [1.29, 1.82) is 0 Å². The van der Waals surface area contributed by atoms with Gasteiger partial charge in [-0.2, -0.15) is 0 Å². The van der Waals surface area contributed by atoms with Crippen LogP contribution in [0, 0.1) is 17.8 Å². The molecule has 0 fully saturated rings. The first-order chi connectivity index (χ1) is 46.2. The molecule has 0 aromatic carbocycles. The molecule has 17 nitrogen and oxygen atoms in total. The Labute approximate surface area is 586 Å². The maximum Gasteiger partial charge on any atom is 0.472 e. The Bertz CT molecular complexity index is 1960. The number of phosphoric acid groups is 2. The minimum absolute atomic E-state index is 0.0991. The zero-order valence-electron chi connectivity index (χ0n) is 62.3. The Morgan fingerprint density at radius 1 is 0.323 bits per heavy atom. The molecule has 3 unspecified atom stereocenters. The van der Waals surface area contributed by atoms with Gasteiger partial charge in [0.05, 0.1) is 26.4 Å². The van der Waals surface area contributed by atoms with Crippen molar-refractivity contribution in [1.82, 2.24) is 0 Å². The number of carbonyl (C=O) groups excluding carboxylic acids is 4. The normalized spacial score (nSPS) is 14.2. The molecule has 0 saturated heterocycles. The van der Waals surface area contributed by atoms with Crippen LogP contribution < -0.4 is 0 Å². The lowest BCUT2D eigenvalue weighted by Crippen LogP contribution is -2.30. The molecule has 0 amide bonds. The van der Waals surface area contributed by atoms with Crippen LogP contribution in [0.15, 0.2) is 24.3 Å². The van der Waals surface area contributed by atoms with E-state index in [1.54, 1.807) is 0 Å². The number of carbonyl (C=O) groups is 4. The molecule has 0 rings (SSSR count). The molecule has 0 aliphatic heterocycles. The third-order valence-electron chi connectivity index (χ3n) is 17.3. The summed E-state index contributed by atoms with van der Waals surface area (Å²) in [6.45, 7) is 11.7. The van der Waals surface area contributed by atoms with E-state index in [1.165, 1.54) is 161 Å². The Balaban J connectivity index is 5.22. The topological polar surface area (TPSA) is 237 Å². The maximum atomic E-state index is 13.1. The van der Waals surface area contributed by atoms with Crippen molar-refractivity contribution in [3.63, 3.8) is 0 Å². The Morgan fingerprint density at radius 3 is 0.844 bits per heavy atom. The quantitative estimate of drug-likeness (QED) is 0.0169. The number of hydrogen-bond acceptors (Lipinski definition) is 15. The number of hydrogen-bond donors (Lipinski definition) is 3. The van der Waals surface area contributed by atoms with Gasteiger partial charge < -0.3 is 33.8 Å². The SMILES string of the molecule is CCCCCC/C=C\C=C/CCCCCCCC(=O)OC[C@H](COP(=O)(O)OCC(O)COP(=O)(O)OC[C@@H](COC(=O)CCCCCCCCCCC(C)C)OC(=O)CCCCCCCCC(C)C)OC(=O)CCCCCCCCCCCCCCCCCCCCC(C)C. The highest BCUT2D eigenvalue weighted by atomic mass is 31.2. The summed E-state index contributed by atoms with van der Waals surface area (Å²) in [6, 6.07) is 0.